The van der Waals surface area contributed by atoms with E-state index in [1.807, 2.05) is 13.1 Å². The van der Waals surface area contributed by atoms with Crippen LogP contribution in [-0.2, 0) is 23.1 Å². The minimum atomic E-state index is -2.13. The van der Waals surface area contributed by atoms with Crippen LogP contribution in [0.15, 0.2) is 0 Å². The molecule has 0 rings (SSSR count). The van der Waals surface area contributed by atoms with Crippen LogP contribution in [0.4, 0.5) is 0 Å². The Morgan fingerprint density at radius 1 is 1.14 bits per heavy atom. The number of Topliss-reactive ketones (excluding diaryl/α,β-unsaturated/α-hetero) is 1. The molecule has 0 saturated carbocycles. The standard InChI is InChI=1S/C14H29O6PSi/c1-14(2,3)22(6,7)20-12(9-13(16)17)8-11(15)10-21(18-4)19-5/h12H,8-10H2,1-7H3,(H,16,17)/t12-/m1/s1. The smallest absolute Gasteiger partial charge is 0.305 e. The molecule has 0 aromatic carbocycles. The maximum Gasteiger partial charge on any atom is 0.305 e. The van der Waals surface area contributed by atoms with E-state index in [-0.39, 0.29) is 29.8 Å². The average Bonchev–Trinajstić information content (AvgIpc) is 2.32. The monoisotopic (exact) mass is 352 g/mol. The Morgan fingerprint density at radius 2 is 1.64 bits per heavy atom. The fourth-order valence-electron chi connectivity index (χ4n) is 1.61. The lowest BCUT2D eigenvalue weighted by molar-refractivity contribution is -0.139. The summed E-state index contributed by atoms with van der Waals surface area (Å²) < 4.78 is 16.2. The minimum absolute atomic E-state index is 0.0432. The number of carbonyl (C=O) groups excluding carboxylic acids is 1. The molecule has 22 heavy (non-hydrogen) atoms. The van der Waals surface area contributed by atoms with Gasteiger partial charge in [-0.05, 0) is 18.1 Å². The molecule has 0 bridgehead atoms. The van der Waals surface area contributed by atoms with E-state index in [2.05, 4.69) is 20.8 Å². The molecule has 0 heterocycles. The number of hydrogen-bond acceptors (Lipinski definition) is 5. The SMILES string of the molecule is COP(CC(=O)C[C@H](CC(=O)O)O[Si](C)(C)C(C)(C)C)OC. The van der Waals surface area contributed by atoms with Gasteiger partial charge in [-0.2, -0.15) is 0 Å². The molecule has 0 saturated heterocycles. The van der Waals surface area contributed by atoms with Crippen LogP contribution in [0.1, 0.15) is 33.6 Å². The summed E-state index contributed by atoms with van der Waals surface area (Å²) in [6.45, 7) is 10.3. The van der Waals surface area contributed by atoms with Gasteiger partial charge in [0.25, 0.3) is 0 Å². The second-order valence-electron chi connectivity index (χ2n) is 6.70. The van der Waals surface area contributed by atoms with Crippen LogP contribution in [0.5, 0.6) is 0 Å². The molecule has 0 fully saturated rings. The Bertz CT molecular complexity index is 376. The van der Waals surface area contributed by atoms with Gasteiger partial charge in [-0.25, -0.2) is 0 Å². The number of carbonyl (C=O) groups is 2. The number of rotatable bonds is 10. The van der Waals surface area contributed by atoms with Gasteiger partial charge in [0.2, 0.25) is 0 Å². The first-order valence-corrected chi connectivity index (χ1v) is 11.5. The molecule has 8 heteroatoms. The highest BCUT2D eigenvalue weighted by Crippen LogP contribution is 2.39. The zero-order valence-electron chi connectivity index (χ0n) is 14.6. The van der Waals surface area contributed by atoms with E-state index in [4.69, 9.17) is 18.6 Å². The van der Waals surface area contributed by atoms with Crippen molar-refractivity contribution in [3.63, 3.8) is 0 Å². The van der Waals surface area contributed by atoms with Crippen molar-refractivity contribution in [3.8, 4) is 0 Å². The van der Waals surface area contributed by atoms with E-state index in [0.717, 1.165) is 0 Å². The van der Waals surface area contributed by atoms with Crippen LogP contribution < -0.4 is 0 Å². The van der Waals surface area contributed by atoms with Gasteiger partial charge in [-0.1, -0.05) is 20.8 Å². The number of ketones is 1. The van der Waals surface area contributed by atoms with Gasteiger partial charge in [0, 0.05) is 20.6 Å². The molecule has 130 valence electrons. The Balaban J connectivity index is 4.85. The topological polar surface area (TPSA) is 82.1 Å². The van der Waals surface area contributed by atoms with Crippen molar-refractivity contribution in [2.75, 3.05) is 20.4 Å². The molecule has 0 amide bonds. The minimum Gasteiger partial charge on any atom is -0.481 e. The summed E-state index contributed by atoms with van der Waals surface area (Å²) >= 11 is 0. The molecule has 0 aliphatic carbocycles. The molecule has 0 aromatic rings. The first-order chi connectivity index (χ1) is 9.92. The van der Waals surface area contributed by atoms with Gasteiger partial charge in [-0.15, -0.1) is 0 Å². The summed E-state index contributed by atoms with van der Waals surface area (Å²) in [6, 6.07) is 0. The van der Waals surface area contributed by atoms with Crippen molar-refractivity contribution in [2.24, 2.45) is 0 Å². The number of carboxylic acids is 1. The van der Waals surface area contributed by atoms with Crippen molar-refractivity contribution in [1.29, 1.82) is 0 Å². The number of aliphatic carboxylic acids is 1. The van der Waals surface area contributed by atoms with Gasteiger partial charge >= 0.3 is 5.97 Å². The molecule has 1 N–H and O–H groups in total. The lowest BCUT2D eigenvalue weighted by atomic mass is 10.1. The predicted molar refractivity (Wildman–Crippen MR) is 89.8 cm³/mol. The number of hydrogen-bond donors (Lipinski definition) is 1. The Morgan fingerprint density at radius 3 is 2.00 bits per heavy atom. The average molecular weight is 352 g/mol. The van der Waals surface area contributed by atoms with Crippen molar-refractivity contribution >= 4 is 28.4 Å². The fraction of sp³-hybridized carbons (Fsp3) is 0.857. The molecular weight excluding hydrogens is 323 g/mol. The molecule has 0 unspecified atom stereocenters. The van der Waals surface area contributed by atoms with Crippen LogP contribution in [0.3, 0.4) is 0 Å². The summed E-state index contributed by atoms with van der Waals surface area (Å²) in [7, 11) is -0.396. The van der Waals surface area contributed by atoms with Crippen LogP contribution in [0, 0.1) is 0 Å². The Hall–Kier alpha value is -0.333. The molecule has 0 radical (unpaired) electrons. The van der Waals surface area contributed by atoms with Gasteiger partial charge in [0.1, 0.15) is 5.78 Å². The van der Waals surface area contributed by atoms with E-state index in [0.29, 0.717) is 0 Å². The Labute approximate surface area is 135 Å². The highest BCUT2D eigenvalue weighted by atomic mass is 31.2. The summed E-state index contributed by atoms with van der Waals surface area (Å²) in [4.78, 5) is 23.1. The zero-order chi connectivity index (χ0) is 17.6. The van der Waals surface area contributed by atoms with E-state index < -0.39 is 28.8 Å². The second kappa shape index (κ2) is 9.08. The van der Waals surface area contributed by atoms with Gasteiger partial charge in [-0.3, -0.25) is 9.59 Å². The van der Waals surface area contributed by atoms with Crippen LogP contribution in [0.2, 0.25) is 18.1 Å². The lowest BCUT2D eigenvalue weighted by Gasteiger charge is -2.39. The predicted octanol–water partition coefficient (Wildman–Crippen LogP) is 3.42. The molecule has 0 spiro atoms. The van der Waals surface area contributed by atoms with Crippen molar-refractivity contribution in [2.45, 2.75) is 57.8 Å². The van der Waals surface area contributed by atoms with E-state index >= 15 is 0 Å². The van der Waals surface area contributed by atoms with E-state index in [9.17, 15) is 9.59 Å². The van der Waals surface area contributed by atoms with Gasteiger partial charge < -0.3 is 18.6 Å². The lowest BCUT2D eigenvalue weighted by Crippen LogP contribution is -2.45. The summed E-state index contributed by atoms with van der Waals surface area (Å²) in [5.41, 5.74) is 0. The number of carboxylic acid groups (broad SMARTS) is 1. The first-order valence-electron chi connectivity index (χ1n) is 7.20. The second-order valence-corrected chi connectivity index (χ2v) is 13.2. The largest absolute Gasteiger partial charge is 0.481 e. The maximum absolute atomic E-state index is 12.1. The fourth-order valence-corrected chi connectivity index (χ4v) is 3.79. The van der Waals surface area contributed by atoms with Crippen molar-refractivity contribution < 1.29 is 28.2 Å². The van der Waals surface area contributed by atoms with Crippen molar-refractivity contribution in [1.82, 2.24) is 0 Å². The molecule has 0 aliphatic heterocycles. The first kappa shape index (κ1) is 21.7. The van der Waals surface area contributed by atoms with Crippen LogP contribution in [-0.4, -0.2) is 51.7 Å². The third-order valence-corrected chi connectivity index (χ3v) is 9.80. The maximum atomic E-state index is 12.1. The molecule has 0 aromatic heterocycles. The highest BCUT2D eigenvalue weighted by Gasteiger charge is 2.40. The van der Waals surface area contributed by atoms with Crippen molar-refractivity contribution in [3.05, 3.63) is 0 Å². The third kappa shape index (κ3) is 7.79. The highest BCUT2D eigenvalue weighted by molar-refractivity contribution is 7.48. The molecule has 6 nitrogen and oxygen atoms in total. The zero-order valence-corrected chi connectivity index (χ0v) is 16.5. The summed E-state index contributed by atoms with van der Waals surface area (Å²) in [5.74, 6) is -1.06. The summed E-state index contributed by atoms with van der Waals surface area (Å²) in [5, 5.41) is 9.01. The normalized spacial score (nSPS) is 14.2. The summed E-state index contributed by atoms with van der Waals surface area (Å²) in [6.07, 6.45) is -0.545. The van der Waals surface area contributed by atoms with E-state index in [1.165, 1.54) is 14.2 Å². The third-order valence-electron chi connectivity index (χ3n) is 3.84. The van der Waals surface area contributed by atoms with Crippen LogP contribution in [0.25, 0.3) is 0 Å². The van der Waals surface area contributed by atoms with Gasteiger partial charge in [0.15, 0.2) is 16.7 Å². The Kier molecular flexibility index (Phi) is 8.94. The van der Waals surface area contributed by atoms with E-state index in [1.54, 1.807) is 0 Å². The molecule has 1 atom stereocenters. The molecule has 0 aliphatic rings. The quantitative estimate of drug-likeness (QED) is 0.479. The molecular formula is C14H29O6PSi. The van der Waals surface area contributed by atoms with Gasteiger partial charge in [0.05, 0.1) is 18.7 Å². The van der Waals surface area contributed by atoms with Crippen LogP contribution >= 0.6 is 8.38 Å².